The molecular formula is C38H62O7S. The number of carbonyl (C=O) groups excluding carboxylic acids is 2. The van der Waals surface area contributed by atoms with E-state index in [1.54, 1.807) is 0 Å². The predicted molar refractivity (Wildman–Crippen MR) is 188 cm³/mol. The summed E-state index contributed by atoms with van der Waals surface area (Å²) in [4.78, 5) is 25.2. The molecule has 46 heavy (non-hydrogen) atoms. The van der Waals surface area contributed by atoms with Crippen LogP contribution < -0.4 is 0 Å². The van der Waals surface area contributed by atoms with Gasteiger partial charge in [-0.1, -0.05) is 115 Å². The summed E-state index contributed by atoms with van der Waals surface area (Å²) in [7, 11) is -4.56. The van der Waals surface area contributed by atoms with Crippen molar-refractivity contribution >= 4 is 22.1 Å². The van der Waals surface area contributed by atoms with Gasteiger partial charge in [0.1, 0.15) is 0 Å². The lowest BCUT2D eigenvalue weighted by molar-refractivity contribution is 0.0450. The summed E-state index contributed by atoms with van der Waals surface area (Å²) in [5, 5.41) is 0. The van der Waals surface area contributed by atoms with Crippen LogP contribution in [0.1, 0.15) is 176 Å². The van der Waals surface area contributed by atoms with Crippen LogP contribution in [0.3, 0.4) is 0 Å². The first-order chi connectivity index (χ1) is 22.3. The zero-order valence-electron chi connectivity index (χ0n) is 28.8. The molecule has 0 heterocycles. The molecule has 1 rings (SSSR count). The SMILES string of the molecule is CCCCCC/C=C/CCCCCCCOC(=O)c1ccc(S(=O)(=O)O)cc1C(=O)OCCCCCCC/C=C/CCCCCC. The summed E-state index contributed by atoms with van der Waals surface area (Å²) in [6.45, 7) is 4.82. The van der Waals surface area contributed by atoms with Gasteiger partial charge in [-0.25, -0.2) is 9.59 Å². The molecule has 262 valence electrons. The average molecular weight is 663 g/mol. The molecule has 0 saturated carbocycles. The number of ether oxygens (including phenoxy) is 2. The predicted octanol–water partition coefficient (Wildman–Crippen LogP) is 11.0. The van der Waals surface area contributed by atoms with Crippen molar-refractivity contribution in [3.8, 4) is 0 Å². The van der Waals surface area contributed by atoms with Crippen molar-refractivity contribution in [1.29, 1.82) is 0 Å². The van der Waals surface area contributed by atoms with Crippen LogP contribution in [0.2, 0.25) is 0 Å². The van der Waals surface area contributed by atoms with Gasteiger partial charge in [0.25, 0.3) is 10.1 Å². The maximum absolute atomic E-state index is 12.9. The second kappa shape index (κ2) is 27.6. The fraction of sp³-hybridized carbons (Fsp3) is 0.684. The van der Waals surface area contributed by atoms with Gasteiger partial charge < -0.3 is 9.47 Å². The first-order valence-corrected chi connectivity index (χ1v) is 19.5. The highest BCUT2D eigenvalue weighted by molar-refractivity contribution is 7.85. The zero-order valence-corrected chi connectivity index (χ0v) is 29.6. The van der Waals surface area contributed by atoms with Crippen LogP contribution in [0.5, 0.6) is 0 Å². The van der Waals surface area contributed by atoms with E-state index in [4.69, 9.17) is 9.47 Å². The minimum absolute atomic E-state index is 0.0719. The third kappa shape index (κ3) is 21.4. The second-order valence-electron chi connectivity index (χ2n) is 12.2. The van der Waals surface area contributed by atoms with E-state index < -0.39 is 27.0 Å². The van der Waals surface area contributed by atoms with Gasteiger partial charge in [-0.15, -0.1) is 0 Å². The van der Waals surface area contributed by atoms with E-state index in [9.17, 15) is 22.6 Å². The van der Waals surface area contributed by atoms with Crippen molar-refractivity contribution in [2.24, 2.45) is 0 Å². The lowest BCUT2D eigenvalue weighted by atomic mass is 10.1. The van der Waals surface area contributed by atoms with Gasteiger partial charge in [-0.3, -0.25) is 4.55 Å². The maximum Gasteiger partial charge on any atom is 0.339 e. The molecule has 0 fully saturated rings. The van der Waals surface area contributed by atoms with Crippen LogP contribution in [0.4, 0.5) is 0 Å². The zero-order chi connectivity index (χ0) is 33.7. The summed E-state index contributed by atoms with van der Waals surface area (Å²) < 4.78 is 43.6. The fourth-order valence-corrected chi connectivity index (χ4v) is 5.66. The van der Waals surface area contributed by atoms with Crippen molar-refractivity contribution in [3.05, 3.63) is 53.6 Å². The highest BCUT2D eigenvalue weighted by atomic mass is 32.2. The van der Waals surface area contributed by atoms with Gasteiger partial charge in [-0.2, -0.15) is 8.42 Å². The normalized spacial score (nSPS) is 11.9. The van der Waals surface area contributed by atoms with Crippen LogP contribution in [-0.2, 0) is 19.6 Å². The number of hydrogen-bond donors (Lipinski definition) is 1. The maximum atomic E-state index is 12.9. The molecule has 0 radical (unpaired) electrons. The van der Waals surface area contributed by atoms with Crippen molar-refractivity contribution < 1.29 is 32.0 Å². The Hall–Kier alpha value is -2.45. The highest BCUT2D eigenvalue weighted by Crippen LogP contribution is 2.19. The first kappa shape index (κ1) is 41.6. The topological polar surface area (TPSA) is 107 Å². The van der Waals surface area contributed by atoms with Gasteiger partial charge >= 0.3 is 11.9 Å². The van der Waals surface area contributed by atoms with Crippen molar-refractivity contribution in [2.75, 3.05) is 13.2 Å². The third-order valence-electron chi connectivity index (χ3n) is 8.01. The first-order valence-electron chi connectivity index (χ1n) is 18.1. The Bertz CT molecular complexity index is 1110. The number of carbonyl (C=O) groups is 2. The Balaban J connectivity index is 2.36. The monoisotopic (exact) mass is 662 g/mol. The molecule has 1 N–H and O–H groups in total. The van der Waals surface area contributed by atoms with Crippen molar-refractivity contribution in [2.45, 2.75) is 160 Å². The number of esters is 2. The minimum Gasteiger partial charge on any atom is -0.462 e. The lowest BCUT2D eigenvalue weighted by Crippen LogP contribution is -2.16. The van der Waals surface area contributed by atoms with E-state index in [1.165, 1.54) is 63.9 Å². The van der Waals surface area contributed by atoms with Crippen molar-refractivity contribution in [1.82, 2.24) is 0 Å². The summed E-state index contributed by atoms with van der Waals surface area (Å²) in [5.41, 5.74) is -0.294. The lowest BCUT2D eigenvalue weighted by Gasteiger charge is -2.11. The van der Waals surface area contributed by atoms with E-state index in [0.717, 1.165) is 82.8 Å². The molecule has 1 aromatic carbocycles. The molecule has 0 atom stereocenters. The van der Waals surface area contributed by atoms with Gasteiger partial charge in [-0.05, 0) is 82.4 Å². The molecule has 7 nitrogen and oxygen atoms in total. The molecule has 0 aliphatic rings. The molecule has 0 aliphatic carbocycles. The number of rotatable bonds is 29. The Morgan fingerprint density at radius 2 is 0.935 bits per heavy atom. The Morgan fingerprint density at radius 3 is 1.35 bits per heavy atom. The smallest absolute Gasteiger partial charge is 0.339 e. The second-order valence-corrected chi connectivity index (χ2v) is 13.6. The number of allylic oxidation sites excluding steroid dienone is 4. The third-order valence-corrected chi connectivity index (χ3v) is 8.86. The van der Waals surface area contributed by atoms with Crippen molar-refractivity contribution in [3.63, 3.8) is 0 Å². The molecule has 0 spiro atoms. The van der Waals surface area contributed by atoms with Gasteiger partial charge in [0.2, 0.25) is 0 Å². The van der Waals surface area contributed by atoms with E-state index in [0.29, 0.717) is 12.8 Å². The molecule has 0 aromatic heterocycles. The van der Waals surface area contributed by atoms with E-state index >= 15 is 0 Å². The molecule has 1 aromatic rings. The summed E-state index contributed by atoms with van der Waals surface area (Å²) in [6, 6.07) is 3.26. The number of unbranched alkanes of at least 4 members (excludes halogenated alkanes) is 18. The van der Waals surface area contributed by atoms with Gasteiger partial charge in [0, 0.05) is 0 Å². The Morgan fingerprint density at radius 1 is 0.565 bits per heavy atom. The Kier molecular flexibility index (Phi) is 25.0. The molecule has 0 aliphatic heterocycles. The highest BCUT2D eigenvalue weighted by Gasteiger charge is 2.23. The van der Waals surface area contributed by atoms with Crippen LogP contribution in [0.15, 0.2) is 47.4 Å². The van der Waals surface area contributed by atoms with Gasteiger partial charge in [0.15, 0.2) is 0 Å². The van der Waals surface area contributed by atoms with Crippen LogP contribution in [0.25, 0.3) is 0 Å². The number of benzene rings is 1. The molecule has 0 saturated heterocycles. The molecule has 8 heteroatoms. The van der Waals surface area contributed by atoms with Crippen LogP contribution in [-0.4, -0.2) is 38.1 Å². The molecular weight excluding hydrogens is 600 g/mol. The van der Waals surface area contributed by atoms with Crippen LogP contribution >= 0.6 is 0 Å². The largest absolute Gasteiger partial charge is 0.462 e. The van der Waals surface area contributed by atoms with E-state index in [2.05, 4.69) is 38.2 Å². The summed E-state index contributed by atoms with van der Waals surface area (Å²) >= 11 is 0. The fourth-order valence-electron chi connectivity index (χ4n) is 5.15. The summed E-state index contributed by atoms with van der Waals surface area (Å²) in [6.07, 6.45) is 33.8. The minimum atomic E-state index is -4.56. The van der Waals surface area contributed by atoms with Gasteiger partial charge in [0.05, 0.1) is 29.2 Å². The van der Waals surface area contributed by atoms with E-state index in [-0.39, 0.29) is 24.3 Å². The quantitative estimate of drug-likeness (QED) is 0.0393. The standard InChI is InChI=1S/C38H62O7S/c1-3-5-7-9-11-13-15-17-19-21-23-25-27-31-44-37(39)35-30-29-34(46(41,42)43)33-36(35)38(40)45-32-28-26-24-22-20-18-16-14-12-10-8-6-4-2/h13-16,29-30,33H,3-12,17-28,31-32H2,1-2H3,(H,41,42,43)/b15-13+,16-14+. The molecule has 0 unspecified atom stereocenters. The summed E-state index contributed by atoms with van der Waals surface area (Å²) in [5.74, 6) is -1.52. The average Bonchev–Trinajstić information content (AvgIpc) is 3.04. The van der Waals surface area contributed by atoms with Crippen LogP contribution in [0, 0.1) is 0 Å². The Labute approximate surface area is 280 Å². The number of hydrogen-bond acceptors (Lipinski definition) is 6. The molecule has 0 amide bonds. The molecule has 0 bridgehead atoms. The van der Waals surface area contributed by atoms with E-state index in [1.807, 2.05) is 0 Å².